The molecule has 1 heterocycles. The fourth-order valence-electron chi connectivity index (χ4n) is 3.35. The van der Waals surface area contributed by atoms with Gasteiger partial charge in [0.05, 0.1) is 6.54 Å². The number of carboxylic acids is 1. The van der Waals surface area contributed by atoms with Gasteiger partial charge in [-0.25, -0.2) is 4.79 Å². The van der Waals surface area contributed by atoms with Gasteiger partial charge < -0.3 is 15.7 Å². The molecule has 132 valence electrons. The molecule has 0 bridgehead atoms. The number of carboxylic acid groups (broad SMARTS) is 1. The van der Waals surface area contributed by atoms with Gasteiger partial charge in [-0.1, -0.05) is 24.3 Å². The molecule has 6 nitrogen and oxygen atoms in total. The molecule has 3 rings (SSSR count). The van der Waals surface area contributed by atoms with E-state index < -0.39 is 5.97 Å². The van der Waals surface area contributed by atoms with Crippen LogP contribution in [0.4, 0.5) is 5.69 Å². The lowest BCUT2D eigenvalue weighted by Gasteiger charge is -2.24. The molecule has 0 saturated heterocycles. The number of nitrogens with zero attached hydrogens (tertiary/aromatic N) is 2. The third kappa shape index (κ3) is 4.09. The van der Waals surface area contributed by atoms with Crippen molar-refractivity contribution in [1.29, 1.82) is 0 Å². The Balaban J connectivity index is 1.57. The molecule has 1 aromatic heterocycles. The fourth-order valence-corrected chi connectivity index (χ4v) is 3.35. The Morgan fingerprint density at radius 1 is 1.36 bits per heavy atom. The van der Waals surface area contributed by atoms with Gasteiger partial charge in [0, 0.05) is 36.1 Å². The van der Waals surface area contributed by atoms with Crippen molar-refractivity contribution in [1.82, 2.24) is 15.1 Å². The van der Waals surface area contributed by atoms with Gasteiger partial charge in [-0.05, 0) is 31.4 Å². The van der Waals surface area contributed by atoms with Crippen molar-refractivity contribution in [3.05, 3.63) is 59.9 Å². The highest BCUT2D eigenvalue weighted by Crippen LogP contribution is 2.25. The summed E-state index contributed by atoms with van der Waals surface area (Å²) in [4.78, 5) is 11.5. The summed E-state index contributed by atoms with van der Waals surface area (Å²) in [6.07, 6.45) is 4.28. The molecule has 6 heteroatoms. The largest absolute Gasteiger partial charge is 0.476 e. The lowest BCUT2D eigenvalue weighted by molar-refractivity contribution is 0.0688. The van der Waals surface area contributed by atoms with E-state index in [9.17, 15) is 9.90 Å². The number of rotatable bonds is 8. The van der Waals surface area contributed by atoms with Crippen LogP contribution in [0.25, 0.3) is 0 Å². The first-order valence-corrected chi connectivity index (χ1v) is 8.64. The second-order valence-corrected chi connectivity index (χ2v) is 6.24. The van der Waals surface area contributed by atoms with Crippen LogP contribution in [0, 0.1) is 0 Å². The molecule has 0 amide bonds. The fraction of sp³-hybridized carbons (Fsp3) is 0.368. The standard InChI is InChI=1S/C19H24N4O2/c1-2-12-23-17-9-8-15(13-16(17)18(22-23)19(24)25)21-11-10-20-14-6-4-3-5-7-14/h2-7,15,20-21H,1,8-13H2,(H,24,25)/t15-/m1/s1. The Kier molecular flexibility index (Phi) is 5.50. The third-order valence-electron chi connectivity index (χ3n) is 4.51. The van der Waals surface area contributed by atoms with Crippen molar-refractivity contribution in [2.75, 3.05) is 18.4 Å². The average Bonchev–Trinajstić information content (AvgIpc) is 2.98. The summed E-state index contributed by atoms with van der Waals surface area (Å²) in [7, 11) is 0. The van der Waals surface area contributed by atoms with Crippen LogP contribution >= 0.6 is 0 Å². The van der Waals surface area contributed by atoms with Crippen LogP contribution in [0.2, 0.25) is 0 Å². The van der Waals surface area contributed by atoms with E-state index in [0.29, 0.717) is 13.0 Å². The van der Waals surface area contributed by atoms with E-state index in [1.165, 1.54) is 0 Å². The zero-order chi connectivity index (χ0) is 17.6. The summed E-state index contributed by atoms with van der Waals surface area (Å²) in [5, 5.41) is 20.6. The van der Waals surface area contributed by atoms with Gasteiger partial charge in [-0.15, -0.1) is 6.58 Å². The number of hydrogen-bond donors (Lipinski definition) is 3. The number of nitrogens with one attached hydrogen (secondary N) is 2. The summed E-state index contributed by atoms with van der Waals surface area (Å²) < 4.78 is 1.78. The van der Waals surface area contributed by atoms with E-state index in [4.69, 9.17) is 0 Å². The smallest absolute Gasteiger partial charge is 0.356 e. The summed E-state index contributed by atoms with van der Waals surface area (Å²) in [5.74, 6) is -0.953. The maximum atomic E-state index is 11.5. The molecule has 3 N–H and O–H groups in total. The van der Waals surface area contributed by atoms with Crippen LogP contribution in [0.15, 0.2) is 43.0 Å². The van der Waals surface area contributed by atoms with Gasteiger partial charge in [0.25, 0.3) is 0 Å². The van der Waals surface area contributed by atoms with Crippen molar-refractivity contribution < 1.29 is 9.90 Å². The summed E-state index contributed by atoms with van der Waals surface area (Å²) in [6, 6.07) is 10.4. The molecule has 0 aliphatic heterocycles. The van der Waals surface area contributed by atoms with Crippen molar-refractivity contribution in [3.63, 3.8) is 0 Å². The molecular formula is C19H24N4O2. The highest BCUT2D eigenvalue weighted by molar-refractivity contribution is 5.87. The maximum Gasteiger partial charge on any atom is 0.356 e. The predicted molar refractivity (Wildman–Crippen MR) is 98.1 cm³/mol. The number of aromatic carboxylic acids is 1. The predicted octanol–water partition coefficient (Wildman–Crippen LogP) is 2.33. The number of fused-ring (bicyclic) bond motifs is 1. The minimum atomic E-state index is -0.953. The Morgan fingerprint density at radius 2 is 2.16 bits per heavy atom. The van der Waals surface area contributed by atoms with Crippen LogP contribution in [-0.4, -0.2) is 40.0 Å². The number of hydrogen-bond acceptors (Lipinski definition) is 4. The van der Waals surface area contributed by atoms with E-state index in [1.807, 2.05) is 30.3 Å². The molecule has 0 spiro atoms. The van der Waals surface area contributed by atoms with Crippen LogP contribution in [-0.2, 0) is 19.4 Å². The maximum absolute atomic E-state index is 11.5. The molecule has 0 fully saturated rings. The van der Waals surface area contributed by atoms with E-state index in [0.717, 1.165) is 42.9 Å². The van der Waals surface area contributed by atoms with Gasteiger partial charge >= 0.3 is 5.97 Å². The van der Waals surface area contributed by atoms with Crippen molar-refractivity contribution in [2.45, 2.75) is 31.8 Å². The quantitative estimate of drug-likeness (QED) is 0.508. The monoisotopic (exact) mass is 340 g/mol. The molecule has 0 radical (unpaired) electrons. The first-order chi connectivity index (χ1) is 12.2. The van der Waals surface area contributed by atoms with Crippen LogP contribution in [0.1, 0.15) is 28.2 Å². The summed E-state index contributed by atoms with van der Waals surface area (Å²) >= 11 is 0. The first kappa shape index (κ1) is 17.2. The second-order valence-electron chi connectivity index (χ2n) is 6.24. The Morgan fingerprint density at radius 3 is 2.88 bits per heavy atom. The number of para-hydroxylation sites is 1. The number of aromatic nitrogens is 2. The number of allylic oxidation sites excluding steroid dienone is 1. The minimum Gasteiger partial charge on any atom is -0.476 e. The second kappa shape index (κ2) is 7.98. The molecule has 0 saturated carbocycles. The molecular weight excluding hydrogens is 316 g/mol. The molecule has 2 aromatic rings. The summed E-state index contributed by atoms with van der Waals surface area (Å²) in [6.45, 7) is 5.93. The van der Waals surface area contributed by atoms with Crippen molar-refractivity contribution >= 4 is 11.7 Å². The van der Waals surface area contributed by atoms with Crippen molar-refractivity contribution in [2.24, 2.45) is 0 Å². The Hall–Kier alpha value is -2.60. The highest BCUT2D eigenvalue weighted by Gasteiger charge is 2.28. The van der Waals surface area contributed by atoms with E-state index in [1.54, 1.807) is 10.8 Å². The van der Waals surface area contributed by atoms with Crippen molar-refractivity contribution in [3.8, 4) is 0 Å². The van der Waals surface area contributed by atoms with Crippen LogP contribution < -0.4 is 10.6 Å². The normalized spacial score (nSPS) is 16.2. The lowest BCUT2D eigenvalue weighted by Crippen LogP contribution is -2.37. The molecule has 0 unspecified atom stereocenters. The SMILES string of the molecule is C=CCn1nc(C(=O)O)c2c1CC[C@@H](NCCNc1ccccc1)C2. The zero-order valence-corrected chi connectivity index (χ0v) is 14.2. The van der Waals surface area contributed by atoms with E-state index in [2.05, 4.69) is 22.3 Å². The number of anilines is 1. The van der Waals surface area contributed by atoms with Gasteiger partial charge in [0.15, 0.2) is 5.69 Å². The third-order valence-corrected chi connectivity index (χ3v) is 4.51. The summed E-state index contributed by atoms with van der Waals surface area (Å²) in [5.41, 5.74) is 3.20. The molecule has 1 aliphatic rings. The average molecular weight is 340 g/mol. The van der Waals surface area contributed by atoms with Crippen LogP contribution in [0.5, 0.6) is 0 Å². The molecule has 25 heavy (non-hydrogen) atoms. The highest BCUT2D eigenvalue weighted by atomic mass is 16.4. The number of carbonyl (C=O) groups is 1. The van der Waals surface area contributed by atoms with E-state index >= 15 is 0 Å². The van der Waals surface area contributed by atoms with Gasteiger partial charge in [0.2, 0.25) is 0 Å². The van der Waals surface area contributed by atoms with Gasteiger partial charge in [0.1, 0.15) is 0 Å². The molecule has 1 aliphatic carbocycles. The molecule has 1 aromatic carbocycles. The first-order valence-electron chi connectivity index (χ1n) is 8.64. The Labute approximate surface area is 147 Å². The van der Waals surface area contributed by atoms with E-state index in [-0.39, 0.29) is 11.7 Å². The zero-order valence-electron chi connectivity index (χ0n) is 14.2. The minimum absolute atomic E-state index is 0.186. The van der Waals surface area contributed by atoms with Gasteiger partial charge in [-0.2, -0.15) is 5.10 Å². The topological polar surface area (TPSA) is 79.2 Å². The lowest BCUT2D eigenvalue weighted by atomic mass is 9.91. The van der Waals surface area contributed by atoms with Gasteiger partial charge in [-0.3, -0.25) is 4.68 Å². The molecule has 1 atom stereocenters. The van der Waals surface area contributed by atoms with Crippen LogP contribution in [0.3, 0.4) is 0 Å². The number of benzene rings is 1. The Bertz CT molecular complexity index is 739.